The lowest BCUT2D eigenvalue weighted by Gasteiger charge is -2.15. The lowest BCUT2D eigenvalue weighted by molar-refractivity contribution is 0.469. The molecule has 0 unspecified atom stereocenters. The maximum atomic E-state index is 13.9. The molecule has 0 radical (unpaired) electrons. The Kier molecular flexibility index (Phi) is 5.90. The number of hydrogen-bond donors (Lipinski definition) is 2. The number of phenols is 1. The van der Waals surface area contributed by atoms with Crippen molar-refractivity contribution in [1.82, 2.24) is 4.98 Å². The number of pyridine rings is 1. The van der Waals surface area contributed by atoms with Crippen LogP contribution in [0.15, 0.2) is 100 Å². The van der Waals surface area contributed by atoms with Gasteiger partial charge in [0.05, 0.1) is 21.0 Å². The number of para-hydroxylation sites is 1. The second-order valence-electron chi connectivity index (χ2n) is 6.96. The summed E-state index contributed by atoms with van der Waals surface area (Å²) in [5, 5.41) is 12.8. The third-order valence-corrected chi connectivity index (χ3v) is 7.53. The molecule has 0 aliphatic carbocycles. The predicted octanol–water partition coefficient (Wildman–Crippen LogP) is 6.37. The summed E-state index contributed by atoms with van der Waals surface area (Å²) in [6.07, 6.45) is 2.54. The van der Waals surface area contributed by atoms with Gasteiger partial charge in [-0.15, -0.1) is 0 Å². The predicted molar refractivity (Wildman–Crippen MR) is 128 cm³/mol. The minimum Gasteiger partial charge on any atom is -0.506 e. The number of nitrogens with zero attached hydrogens (tertiary/aromatic N) is 1. The second-order valence-corrected chi connectivity index (χ2v) is 9.87. The number of phenolic OH excluding ortho intramolecular Hbond substituents is 1. The van der Waals surface area contributed by atoms with E-state index >= 15 is 0 Å². The van der Waals surface area contributed by atoms with Crippen molar-refractivity contribution in [3.63, 3.8) is 0 Å². The van der Waals surface area contributed by atoms with Gasteiger partial charge in [-0.25, -0.2) is 12.8 Å². The second kappa shape index (κ2) is 8.64. The van der Waals surface area contributed by atoms with Crippen molar-refractivity contribution in [2.45, 2.75) is 16.7 Å². The smallest absolute Gasteiger partial charge is 0.260 e. The first kappa shape index (κ1) is 21.9. The number of aromatic nitrogens is 1. The zero-order chi connectivity index (χ0) is 22.9. The van der Waals surface area contributed by atoms with E-state index in [0.717, 1.165) is 21.9 Å². The molecule has 0 bridgehead atoms. The van der Waals surface area contributed by atoms with E-state index in [9.17, 15) is 17.9 Å². The number of sulfonamides is 1. The zero-order valence-corrected chi connectivity index (χ0v) is 18.7. The van der Waals surface area contributed by atoms with Crippen molar-refractivity contribution < 1.29 is 17.9 Å². The van der Waals surface area contributed by atoms with E-state index in [4.69, 9.17) is 0 Å². The van der Waals surface area contributed by atoms with Crippen molar-refractivity contribution >= 4 is 49.1 Å². The fourth-order valence-electron chi connectivity index (χ4n) is 3.27. The summed E-state index contributed by atoms with van der Waals surface area (Å²) in [4.78, 5) is 5.19. The Labute approximate surface area is 189 Å². The van der Waals surface area contributed by atoms with E-state index in [0.29, 0.717) is 15.7 Å². The number of halogens is 1. The molecule has 2 N–H and O–H groups in total. The third kappa shape index (κ3) is 4.06. The first-order chi connectivity index (χ1) is 15.3. The lowest BCUT2D eigenvalue weighted by atomic mass is 10.1. The van der Waals surface area contributed by atoms with Gasteiger partial charge in [0.2, 0.25) is 0 Å². The third-order valence-electron chi connectivity index (χ3n) is 4.96. The highest BCUT2D eigenvalue weighted by molar-refractivity contribution is 7.99. The number of benzene rings is 3. The summed E-state index contributed by atoms with van der Waals surface area (Å²) in [6, 6.07) is 17.9. The summed E-state index contributed by atoms with van der Waals surface area (Å²) >= 11 is 1.27. The van der Waals surface area contributed by atoms with Gasteiger partial charge in [-0.2, -0.15) is 0 Å². The molecule has 8 heteroatoms. The van der Waals surface area contributed by atoms with Crippen molar-refractivity contribution in [1.29, 1.82) is 0 Å². The van der Waals surface area contributed by atoms with Gasteiger partial charge in [0.15, 0.2) is 0 Å². The van der Waals surface area contributed by atoms with Gasteiger partial charge in [-0.05, 0) is 31.2 Å². The molecule has 3 aromatic carbocycles. The van der Waals surface area contributed by atoms with Crippen molar-refractivity contribution in [2.24, 2.45) is 0 Å². The highest BCUT2D eigenvalue weighted by atomic mass is 32.2. The van der Waals surface area contributed by atoms with Gasteiger partial charge in [-0.1, -0.05) is 60.8 Å². The molecule has 0 spiro atoms. The van der Waals surface area contributed by atoms with E-state index in [2.05, 4.69) is 16.3 Å². The van der Waals surface area contributed by atoms with Crippen LogP contribution in [0.3, 0.4) is 0 Å². The van der Waals surface area contributed by atoms with Crippen molar-refractivity contribution in [2.75, 3.05) is 4.72 Å². The molecular weight excluding hydrogens is 447 g/mol. The molecule has 32 heavy (non-hydrogen) atoms. The van der Waals surface area contributed by atoms with Crippen LogP contribution in [0.1, 0.15) is 6.92 Å². The van der Waals surface area contributed by atoms with Crippen LogP contribution in [0.25, 0.3) is 21.7 Å². The Morgan fingerprint density at radius 2 is 1.81 bits per heavy atom. The molecule has 4 aromatic rings. The van der Waals surface area contributed by atoms with Gasteiger partial charge in [-0.3, -0.25) is 9.71 Å². The molecule has 0 aliphatic rings. The van der Waals surface area contributed by atoms with E-state index in [1.165, 1.54) is 18.7 Å². The van der Waals surface area contributed by atoms with Crippen molar-refractivity contribution in [3.8, 4) is 5.75 Å². The largest absolute Gasteiger partial charge is 0.506 e. The van der Waals surface area contributed by atoms with Crippen LogP contribution in [0.4, 0.5) is 10.1 Å². The average molecular weight is 467 g/mol. The Bertz CT molecular complexity index is 1490. The lowest BCUT2D eigenvalue weighted by Crippen LogP contribution is -2.14. The molecular formula is C24H19FN2O3S2. The van der Waals surface area contributed by atoms with Gasteiger partial charge >= 0.3 is 0 Å². The number of fused-ring (bicyclic) bond motifs is 2. The quantitative estimate of drug-likeness (QED) is 0.255. The SMILES string of the molecule is C=C/C(F)=C(\C)S(=O)(=O)Nc1cc(Sc2cccc3cccnc23)c(O)c2ccccc12. The molecule has 162 valence electrons. The minimum absolute atomic E-state index is 0.0195. The van der Waals surface area contributed by atoms with Gasteiger partial charge < -0.3 is 5.11 Å². The number of allylic oxidation sites excluding steroid dienone is 3. The Morgan fingerprint density at radius 1 is 1.09 bits per heavy atom. The normalized spacial score (nSPS) is 12.6. The van der Waals surface area contributed by atoms with Crippen LogP contribution < -0.4 is 4.72 Å². The fraction of sp³-hybridized carbons (Fsp3) is 0.0417. The van der Waals surface area contributed by atoms with Gasteiger partial charge in [0, 0.05) is 27.3 Å². The average Bonchev–Trinajstić information content (AvgIpc) is 2.81. The molecule has 4 rings (SSSR count). The Hall–Kier alpha value is -3.36. The topological polar surface area (TPSA) is 79.3 Å². The Balaban J connectivity index is 1.87. The number of anilines is 1. The number of rotatable bonds is 6. The number of hydrogen-bond acceptors (Lipinski definition) is 5. The minimum atomic E-state index is -4.17. The first-order valence-corrected chi connectivity index (χ1v) is 11.9. The van der Waals surface area contributed by atoms with Gasteiger partial charge in [0.25, 0.3) is 10.0 Å². The monoisotopic (exact) mass is 466 g/mol. The van der Waals surface area contributed by atoms with Crippen LogP contribution in [-0.4, -0.2) is 18.5 Å². The van der Waals surface area contributed by atoms with E-state index in [1.807, 2.05) is 30.3 Å². The Morgan fingerprint density at radius 3 is 2.56 bits per heavy atom. The van der Waals surface area contributed by atoms with Gasteiger partial charge in [0.1, 0.15) is 11.6 Å². The summed E-state index contributed by atoms with van der Waals surface area (Å²) in [5.41, 5.74) is 0.992. The van der Waals surface area contributed by atoms with E-state index < -0.39 is 20.8 Å². The molecule has 5 nitrogen and oxygen atoms in total. The van der Waals surface area contributed by atoms with E-state index in [1.54, 1.807) is 36.5 Å². The number of nitrogens with one attached hydrogen (secondary N) is 1. The highest BCUT2D eigenvalue weighted by Gasteiger charge is 2.21. The summed E-state index contributed by atoms with van der Waals surface area (Å²) < 4.78 is 41.8. The van der Waals surface area contributed by atoms with Crippen molar-refractivity contribution in [3.05, 3.63) is 90.2 Å². The zero-order valence-electron chi connectivity index (χ0n) is 17.0. The summed E-state index contributed by atoms with van der Waals surface area (Å²) in [6.45, 7) is 4.45. The fourth-order valence-corrected chi connectivity index (χ4v) is 5.25. The van der Waals surface area contributed by atoms with Crippen LogP contribution in [-0.2, 0) is 10.0 Å². The van der Waals surface area contributed by atoms with E-state index in [-0.39, 0.29) is 11.4 Å². The standard InChI is InChI=1S/C24H19FN2O3S2/c1-3-19(25)15(2)32(29,30)27-20-14-22(24(28)18-11-5-4-10-17(18)20)31-21-12-6-8-16-9-7-13-26-23(16)21/h3-14,27-28H,1H2,2H3/b19-15-. The first-order valence-electron chi connectivity index (χ1n) is 9.60. The molecule has 0 amide bonds. The molecule has 0 fully saturated rings. The maximum absolute atomic E-state index is 13.9. The summed E-state index contributed by atoms with van der Waals surface area (Å²) in [5.74, 6) is -0.914. The summed E-state index contributed by atoms with van der Waals surface area (Å²) in [7, 11) is -4.17. The molecule has 1 heterocycles. The maximum Gasteiger partial charge on any atom is 0.260 e. The molecule has 1 aromatic heterocycles. The number of aromatic hydroxyl groups is 1. The molecule has 0 atom stereocenters. The van der Waals surface area contributed by atoms with Crippen LogP contribution in [0, 0.1) is 0 Å². The van der Waals surface area contributed by atoms with Crippen LogP contribution >= 0.6 is 11.8 Å². The van der Waals surface area contributed by atoms with Crippen LogP contribution in [0.2, 0.25) is 0 Å². The molecule has 0 saturated carbocycles. The molecule has 0 saturated heterocycles. The van der Waals surface area contributed by atoms with Crippen LogP contribution in [0.5, 0.6) is 5.75 Å². The molecule has 0 aliphatic heterocycles. The highest BCUT2D eigenvalue weighted by Crippen LogP contribution is 2.44.